The molecule has 2 nitrogen and oxygen atoms in total. The fourth-order valence-electron chi connectivity index (χ4n) is 8.33. The molecular weight excluding hydrogens is 389 g/mol. The Morgan fingerprint density at radius 1 is 1.13 bits per heavy atom. The van der Waals surface area contributed by atoms with Gasteiger partial charge in [0.1, 0.15) is 0 Å². The maximum Gasteiger partial charge on any atom is 0.449 e. The van der Waals surface area contributed by atoms with Crippen LogP contribution in [0.1, 0.15) is 85.5 Å². The number of halogens is 3. The Hall–Kier alpha value is -0.840. The highest BCUT2D eigenvalue weighted by Crippen LogP contribution is 2.67. The molecule has 0 spiro atoms. The third-order valence-electron chi connectivity index (χ3n) is 9.96. The third-order valence-corrected chi connectivity index (χ3v) is 9.96. The van der Waals surface area contributed by atoms with Gasteiger partial charge in [0.25, 0.3) is 0 Å². The van der Waals surface area contributed by atoms with Crippen LogP contribution in [0.5, 0.6) is 0 Å². The molecule has 0 amide bonds. The molecule has 0 saturated heterocycles. The van der Waals surface area contributed by atoms with Crippen LogP contribution in [0.3, 0.4) is 0 Å². The van der Waals surface area contributed by atoms with Crippen LogP contribution in [0.2, 0.25) is 0 Å². The SMILES string of the molecule is CC(CC(=O)C(F)(F)F)C1CCC2C3CC=C4CC(C)(O)CCC4(C)C3CCC12C. The molecule has 0 aromatic carbocycles. The molecule has 0 aliphatic heterocycles. The first-order valence-corrected chi connectivity index (χ1v) is 11.8. The molecule has 4 rings (SSSR count). The number of alkyl halides is 3. The van der Waals surface area contributed by atoms with Gasteiger partial charge >= 0.3 is 6.18 Å². The summed E-state index contributed by atoms with van der Waals surface area (Å²) in [7, 11) is 0. The van der Waals surface area contributed by atoms with E-state index in [0.29, 0.717) is 17.8 Å². The van der Waals surface area contributed by atoms with E-state index in [1.54, 1.807) is 0 Å². The zero-order valence-electron chi connectivity index (χ0n) is 18.8. The fourth-order valence-corrected chi connectivity index (χ4v) is 8.33. The lowest BCUT2D eigenvalue weighted by Crippen LogP contribution is -2.52. The number of rotatable bonds is 3. The molecule has 3 saturated carbocycles. The zero-order chi connectivity index (χ0) is 22.1. The Kier molecular flexibility index (Phi) is 5.28. The Morgan fingerprint density at radius 2 is 1.83 bits per heavy atom. The average Bonchev–Trinajstić information content (AvgIpc) is 2.98. The van der Waals surface area contributed by atoms with E-state index in [0.717, 1.165) is 51.4 Å². The van der Waals surface area contributed by atoms with Gasteiger partial charge in [-0.3, -0.25) is 4.79 Å². The second kappa shape index (κ2) is 7.08. The molecule has 0 heterocycles. The number of fused-ring (bicyclic) bond motifs is 5. The van der Waals surface area contributed by atoms with Crippen molar-refractivity contribution in [2.24, 2.45) is 40.4 Å². The van der Waals surface area contributed by atoms with E-state index in [4.69, 9.17) is 0 Å². The van der Waals surface area contributed by atoms with Crippen molar-refractivity contribution in [1.29, 1.82) is 0 Å². The second-order valence-corrected chi connectivity index (χ2v) is 11.8. The van der Waals surface area contributed by atoms with Crippen molar-refractivity contribution in [1.82, 2.24) is 0 Å². The van der Waals surface area contributed by atoms with E-state index >= 15 is 0 Å². The first kappa shape index (κ1) is 22.4. The van der Waals surface area contributed by atoms with Gasteiger partial charge < -0.3 is 5.11 Å². The van der Waals surface area contributed by atoms with E-state index < -0.39 is 17.6 Å². The minimum Gasteiger partial charge on any atom is -0.390 e. The molecule has 0 bridgehead atoms. The largest absolute Gasteiger partial charge is 0.449 e. The standard InChI is InChI=1S/C25H37F3O2/c1-15(13-21(29)25(26,27)28)18-7-8-19-17-6-5-16-14-22(2,30)11-12-23(16,3)20(17)9-10-24(18,19)4/h5,15,17-20,30H,6-14H2,1-4H3. The molecule has 0 radical (unpaired) electrons. The molecule has 1 N–H and O–H groups in total. The maximum absolute atomic E-state index is 12.8. The van der Waals surface area contributed by atoms with Gasteiger partial charge in [0, 0.05) is 6.42 Å². The smallest absolute Gasteiger partial charge is 0.390 e. The number of hydrogen-bond acceptors (Lipinski definition) is 2. The summed E-state index contributed by atoms with van der Waals surface area (Å²) in [6.07, 6.45) is 5.15. The first-order chi connectivity index (χ1) is 13.8. The lowest BCUT2D eigenvalue weighted by molar-refractivity contribution is -0.172. The van der Waals surface area contributed by atoms with Crippen LogP contribution in [0, 0.1) is 40.4 Å². The lowest BCUT2D eigenvalue weighted by atomic mass is 9.46. The molecule has 170 valence electrons. The van der Waals surface area contributed by atoms with E-state index in [-0.39, 0.29) is 29.1 Å². The van der Waals surface area contributed by atoms with Gasteiger partial charge in [0.15, 0.2) is 0 Å². The van der Waals surface area contributed by atoms with Crippen LogP contribution in [0.25, 0.3) is 0 Å². The van der Waals surface area contributed by atoms with E-state index in [9.17, 15) is 23.1 Å². The summed E-state index contributed by atoms with van der Waals surface area (Å²) >= 11 is 0. The third kappa shape index (κ3) is 3.47. The number of carbonyl (C=O) groups is 1. The predicted octanol–water partition coefficient (Wildman–Crippen LogP) is 6.47. The molecule has 0 aromatic heterocycles. The van der Waals surface area contributed by atoms with Crippen molar-refractivity contribution >= 4 is 5.78 Å². The number of ketones is 1. The molecule has 0 aromatic rings. The Labute approximate surface area is 178 Å². The molecule has 5 heteroatoms. The van der Waals surface area contributed by atoms with Crippen molar-refractivity contribution in [3.8, 4) is 0 Å². The van der Waals surface area contributed by atoms with Gasteiger partial charge in [-0.1, -0.05) is 32.4 Å². The van der Waals surface area contributed by atoms with Gasteiger partial charge in [0.05, 0.1) is 5.60 Å². The molecule has 30 heavy (non-hydrogen) atoms. The highest BCUT2D eigenvalue weighted by atomic mass is 19.4. The molecule has 4 aliphatic rings. The van der Waals surface area contributed by atoms with E-state index in [2.05, 4.69) is 19.9 Å². The van der Waals surface area contributed by atoms with Crippen LogP contribution < -0.4 is 0 Å². The summed E-state index contributed by atoms with van der Waals surface area (Å²) in [6, 6.07) is 0. The Morgan fingerprint density at radius 3 is 2.50 bits per heavy atom. The molecule has 3 fully saturated rings. The predicted molar refractivity (Wildman–Crippen MR) is 111 cm³/mol. The van der Waals surface area contributed by atoms with E-state index in [1.165, 1.54) is 5.57 Å². The van der Waals surface area contributed by atoms with Crippen molar-refractivity contribution in [2.75, 3.05) is 0 Å². The highest BCUT2D eigenvalue weighted by Gasteiger charge is 2.60. The molecule has 8 atom stereocenters. The normalized spacial score (nSPS) is 47.0. The molecule has 4 aliphatic carbocycles. The van der Waals surface area contributed by atoms with E-state index in [1.807, 2.05) is 13.8 Å². The van der Waals surface area contributed by atoms with Gasteiger partial charge in [0.2, 0.25) is 5.78 Å². The van der Waals surface area contributed by atoms with Gasteiger partial charge in [-0.15, -0.1) is 0 Å². The van der Waals surface area contributed by atoms with Crippen molar-refractivity contribution in [3.05, 3.63) is 11.6 Å². The maximum atomic E-state index is 12.8. The fraction of sp³-hybridized carbons (Fsp3) is 0.880. The summed E-state index contributed by atoms with van der Waals surface area (Å²) in [4.78, 5) is 11.6. The topological polar surface area (TPSA) is 37.3 Å². The van der Waals surface area contributed by atoms with Crippen LogP contribution in [0.4, 0.5) is 13.2 Å². The quantitative estimate of drug-likeness (QED) is 0.525. The van der Waals surface area contributed by atoms with Crippen LogP contribution in [-0.2, 0) is 4.79 Å². The molecular formula is C25H37F3O2. The lowest BCUT2D eigenvalue weighted by Gasteiger charge is -2.59. The van der Waals surface area contributed by atoms with Crippen LogP contribution in [-0.4, -0.2) is 22.7 Å². The summed E-state index contributed by atoms with van der Waals surface area (Å²) in [5.41, 5.74) is 1.03. The molecule has 8 unspecified atom stereocenters. The summed E-state index contributed by atoms with van der Waals surface area (Å²) in [6.45, 7) is 8.50. The highest BCUT2D eigenvalue weighted by molar-refractivity contribution is 5.84. The minimum absolute atomic E-state index is 0.0360. The summed E-state index contributed by atoms with van der Waals surface area (Å²) < 4.78 is 38.5. The monoisotopic (exact) mass is 426 g/mol. The summed E-state index contributed by atoms with van der Waals surface area (Å²) in [5.74, 6) is 0.124. The average molecular weight is 427 g/mol. The van der Waals surface area contributed by atoms with Crippen molar-refractivity contribution in [2.45, 2.75) is 97.3 Å². The van der Waals surface area contributed by atoms with Crippen LogP contribution in [0.15, 0.2) is 11.6 Å². The van der Waals surface area contributed by atoms with Crippen LogP contribution >= 0.6 is 0 Å². The second-order valence-electron chi connectivity index (χ2n) is 11.8. The number of carbonyl (C=O) groups excluding carboxylic acids is 1. The van der Waals surface area contributed by atoms with Crippen molar-refractivity contribution < 1.29 is 23.1 Å². The Bertz CT molecular complexity index is 739. The Balaban J connectivity index is 1.54. The zero-order valence-corrected chi connectivity index (χ0v) is 18.8. The summed E-state index contributed by atoms with van der Waals surface area (Å²) in [5, 5.41) is 10.6. The number of hydrogen-bond donors (Lipinski definition) is 1. The number of aliphatic hydroxyl groups is 1. The van der Waals surface area contributed by atoms with Gasteiger partial charge in [-0.05, 0) is 98.7 Å². The van der Waals surface area contributed by atoms with Gasteiger partial charge in [-0.2, -0.15) is 13.2 Å². The first-order valence-electron chi connectivity index (χ1n) is 11.8. The van der Waals surface area contributed by atoms with Crippen molar-refractivity contribution in [3.63, 3.8) is 0 Å². The number of allylic oxidation sites excluding steroid dienone is 1. The number of Topliss-reactive ketones (excluding diaryl/α,β-unsaturated/α-hetero) is 1. The minimum atomic E-state index is -4.72. The van der Waals surface area contributed by atoms with Gasteiger partial charge in [-0.25, -0.2) is 0 Å².